The number of nitrogens with one attached hydrogen (secondary N) is 1. The van der Waals surface area contributed by atoms with Gasteiger partial charge in [0, 0.05) is 20.3 Å². The highest BCUT2D eigenvalue weighted by atomic mass is 32.2. The number of anilines is 1. The van der Waals surface area contributed by atoms with Gasteiger partial charge in [0.15, 0.2) is 0 Å². The second-order valence-electron chi connectivity index (χ2n) is 4.45. The third-order valence-electron chi connectivity index (χ3n) is 2.68. The number of rotatable bonds is 7. The molecule has 0 fully saturated rings. The molecule has 0 aliphatic rings. The topological polar surface area (TPSA) is 82.5 Å². The van der Waals surface area contributed by atoms with Gasteiger partial charge in [-0.15, -0.1) is 0 Å². The molecule has 0 unspecified atom stereocenters. The molecule has 1 amide bonds. The van der Waals surface area contributed by atoms with Gasteiger partial charge in [0.05, 0.1) is 5.56 Å². The molecule has 1 atom stereocenters. The van der Waals surface area contributed by atoms with Gasteiger partial charge >= 0.3 is 5.97 Å². The summed E-state index contributed by atoms with van der Waals surface area (Å²) in [5.74, 6) is -0.0324. The van der Waals surface area contributed by atoms with Crippen molar-refractivity contribution in [2.24, 2.45) is 0 Å². The van der Waals surface area contributed by atoms with Crippen molar-refractivity contribution in [3.05, 3.63) is 23.9 Å². The fourth-order valence-corrected chi connectivity index (χ4v) is 1.99. The maximum Gasteiger partial charge on any atom is 0.326 e. The first-order chi connectivity index (χ1) is 9.45. The first-order valence-corrected chi connectivity index (χ1v) is 7.51. The van der Waals surface area contributed by atoms with Crippen LogP contribution in [0.15, 0.2) is 18.3 Å². The van der Waals surface area contributed by atoms with Gasteiger partial charge in [0.2, 0.25) is 0 Å². The molecule has 0 aliphatic heterocycles. The summed E-state index contributed by atoms with van der Waals surface area (Å²) in [5.41, 5.74) is 0.353. The number of pyridine rings is 1. The van der Waals surface area contributed by atoms with Crippen LogP contribution >= 0.6 is 11.8 Å². The quantitative estimate of drug-likeness (QED) is 0.784. The molecule has 0 radical (unpaired) electrons. The highest BCUT2D eigenvalue weighted by Gasteiger charge is 2.20. The van der Waals surface area contributed by atoms with E-state index in [1.165, 1.54) is 6.20 Å². The van der Waals surface area contributed by atoms with Crippen LogP contribution in [-0.4, -0.2) is 54.1 Å². The van der Waals surface area contributed by atoms with E-state index in [0.717, 1.165) is 5.82 Å². The van der Waals surface area contributed by atoms with Gasteiger partial charge in [-0.1, -0.05) is 0 Å². The Morgan fingerprint density at radius 2 is 2.15 bits per heavy atom. The number of carbonyl (C=O) groups excluding carboxylic acids is 1. The lowest BCUT2D eigenvalue weighted by Gasteiger charge is -2.15. The smallest absolute Gasteiger partial charge is 0.326 e. The number of hydrogen-bond donors (Lipinski definition) is 2. The molecule has 7 heteroatoms. The molecule has 0 aromatic carbocycles. The predicted molar refractivity (Wildman–Crippen MR) is 80.5 cm³/mol. The fraction of sp³-hybridized carbons (Fsp3) is 0.462. The van der Waals surface area contributed by atoms with Crippen LogP contribution in [0.1, 0.15) is 16.8 Å². The minimum atomic E-state index is -1.02. The summed E-state index contributed by atoms with van der Waals surface area (Å²) in [7, 11) is 3.70. The fourth-order valence-electron chi connectivity index (χ4n) is 1.52. The first kappa shape index (κ1) is 16.3. The van der Waals surface area contributed by atoms with E-state index in [2.05, 4.69) is 10.3 Å². The molecular formula is C13H19N3O3S. The van der Waals surface area contributed by atoms with E-state index in [1.807, 2.05) is 25.3 Å². The van der Waals surface area contributed by atoms with Crippen molar-refractivity contribution >= 4 is 29.5 Å². The van der Waals surface area contributed by atoms with Gasteiger partial charge in [-0.3, -0.25) is 4.79 Å². The van der Waals surface area contributed by atoms with Crippen molar-refractivity contribution in [2.45, 2.75) is 12.5 Å². The molecule has 0 bridgehead atoms. The second-order valence-corrected chi connectivity index (χ2v) is 5.43. The summed E-state index contributed by atoms with van der Waals surface area (Å²) in [6, 6.07) is 2.47. The molecule has 0 saturated heterocycles. The van der Waals surface area contributed by atoms with E-state index in [4.69, 9.17) is 5.11 Å². The molecular weight excluding hydrogens is 278 g/mol. The number of thioether (sulfide) groups is 1. The summed E-state index contributed by atoms with van der Waals surface area (Å²) in [4.78, 5) is 29.0. The Kier molecular flexibility index (Phi) is 6.30. The maximum atomic E-state index is 12.0. The summed E-state index contributed by atoms with van der Waals surface area (Å²) >= 11 is 1.54. The largest absolute Gasteiger partial charge is 0.480 e. The maximum absolute atomic E-state index is 12.0. The molecule has 110 valence electrons. The number of aliphatic carboxylic acids is 1. The van der Waals surface area contributed by atoms with Gasteiger partial charge in [-0.05, 0) is 30.6 Å². The zero-order valence-corrected chi connectivity index (χ0v) is 12.6. The standard InChI is InChI=1S/C13H19N3O3S/c1-16(2)11-5-4-9(8-14-11)12(17)15-10(13(18)19)6-7-20-3/h4-5,8,10H,6-7H2,1-3H3,(H,15,17)(H,18,19)/t10-/m0/s1. The Bertz CT molecular complexity index is 462. The first-order valence-electron chi connectivity index (χ1n) is 6.11. The highest BCUT2D eigenvalue weighted by molar-refractivity contribution is 7.98. The summed E-state index contributed by atoms with van der Waals surface area (Å²) in [5, 5.41) is 11.6. The molecule has 0 saturated carbocycles. The molecule has 1 rings (SSSR count). The molecule has 0 aliphatic carbocycles. The predicted octanol–water partition coefficient (Wildman–Crippen LogP) is 1.08. The number of amides is 1. The summed E-state index contributed by atoms with van der Waals surface area (Å²) < 4.78 is 0. The monoisotopic (exact) mass is 297 g/mol. The zero-order chi connectivity index (χ0) is 15.1. The summed E-state index contributed by atoms with van der Waals surface area (Å²) in [6.07, 6.45) is 3.73. The lowest BCUT2D eigenvalue weighted by molar-refractivity contribution is -0.139. The van der Waals surface area contributed by atoms with E-state index < -0.39 is 17.9 Å². The average molecular weight is 297 g/mol. The number of carboxylic acids is 1. The lowest BCUT2D eigenvalue weighted by Crippen LogP contribution is -2.41. The average Bonchev–Trinajstić information content (AvgIpc) is 2.42. The molecule has 1 heterocycles. The van der Waals surface area contributed by atoms with E-state index >= 15 is 0 Å². The third kappa shape index (κ3) is 4.73. The number of nitrogens with zero attached hydrogens (tertiary/aromatic N) is 2. The highest BCUT2D eigenvalue weighted by Crippen LogP contribution is 2.08. The van der Waals surface area contributed by atoms with Crippen LogP contribution in [0.25, 0.3) is 0 Å². The third-order valence-corrected chi connectivity index (χ3v) is 3.33. The Morgan fingerprint density at radius 3 is 2.60 bits per heavy atom. The van der Waals surface area contributed by atoms with Crippen LogP contribution in [0.2, 0.25) is 0 Å². The van der Waals surface area contributed by atoms with Crippen molar-refractivity contribution in [3.8, 4) is 0 Å². The Balaban J connectivity index is 2.70. The SMILES string of the molecule is CSCC[C@H](NC(=O)c1ccc(N(C)C)nc1)C(=O)O. The van der Waals surface area contributed by atoms with Gasteiger partial charge in [0.25, 0.3) is 5.91 Å². The van der Waals surface area contributed by atoms with E-state index in [0.29, 0.717) is 17.7 Å². The Morgan fingerprint density at radius 1 is 1.45 bits per heavy atom. The van der Waals surface area contributed by atoms with Crippen LogP contribution < -0.4 is 10.2 Å². The number of hydrogen-bond acceptors (Lipinski definition) is 5. The number of carbonyl (C=O) groups is 2. The van der Waals surface area contributed by atoms with Gasteiger partial charge in [0.1, 0.15) is 11.9 Å². The minimum absolute atomic E-state index is 0.353. The van der Waals surface area contributed by atoms with Gasteiger partial charge in [-0.25, -0.2) is 9.78 Å². The van der Waals surface area contributed by atoms with Crippen molar-refractivity contribution < 1.29 is 14.7 Å². The van der Waals surface area contributed by atoms with E-state index in [-0.39, 0.29) is 0 Å². The van der Waals surface area contributed by atoms with E-state index in [9.17, 15) is 9.59 Å². The molecule has 2 N–H and O–H groups in total. The van der Waals surface area contributed by atoms with Gasteiger partial charge < -0.3 is 15.3 Å². The summed E-state index contributed by atoms with van der Waals surface area (Å²) in [6.45, 7) is 0. The molecule has 6 nitrogen and oxygen atoms in total. The molecule has 20 heavy (non-hydrogen) atoms. The lowest BCUT2D eigenvalue weighted by atomic mass is 10.2. The number of aromatic nitrogens is 1. The van der Waals surface area contributed by atoms with Crippen molar-refractivity contribution in [1.29, 1.82) is 0 Å². The Hall–Kier alpha value is -1.76. The van der Waals surface area contributed by atoms with Gasteiger partial charge in [-0.2, -0.15) is 11.8 Å². The molecule has 1 aromatic heterocycles. The van der Waals surface area contributed by atoms with Crippen molar-refractivity contribution in [2.75, 3.05) is 31.0 Å². The minimum Gasteiger partial charge on any atom is -0.480 e. The van der Waals surface area contributed by atoms with Crippen LogP contribution in [-0.2, 0) is 4.79 Å². The number of carboxylic acid groups (broad SMARTS) is 1. The van der Waals surface area contributed by atoms with Crippen LogP contribution in [0, 0.1) is 0 Å². The zero-order valence-electron chi connectivity index (χ0n) is 11.8. The van der Waals surface area contributed by atoms with Crippen LogP contribution in [0.4, 0.5) is 5.82 Å². The van der Waals surface area contributed by atoms with Crippen molar-refractivity contribution in [1.82, 2.24) is 10.3 Å². The Labute approximate surface area is 122 Å². The molecule has 0 spiro atoms. The van der Waals surface area contributed by atoms with E-state index in [1.54, 1.807) is 23.9 Å². The van der Waals surface area contributed by atoms with Crippen LogP contribution in [0.5, 0.6) is 0 Å². The second kappa shape index (κ2) is 7.74. The normalized spacial score (nSPS) is 11.8. The molecule has 1 aromatic rings. The van der Waals surface area contributed by atoms with Crippen molar-refractivity contribution in [3.63, 3.8) is 0 Å². The van der Waals surface area contributed by atoms with Crippen LogP contribution in [0.3, 0.4) is 0 Å².